The molecule has 2 aromatic rings. The van der Waals surface area contributed by atoms with Crippen LogP contribution in [0.2, 0.25) is 0 Å². The molecule has 7 nitrogen and oxygen atoms in total. The maximum atomic E-state index is 12.5. The molecule has 4 heterocycles. The average Bonchev–Trinajstić information content (AvgIpc) is 3.39. The summed E-state index contributed by atoms with van der Waals surface area (Å²) in [6.45, 7) is 7.34. The first-order chi connectivity index (χ1) is 13.6. The zero-order chi connectivity index (χ0) is 19.5. The molecule has 2 aliphatic rings. The number of hydrogen-bond acceptors (Lipinski definition) is 7. The van der Waals surface area contributed by atoms with Gasteiger partial charge in [-0.2, -0.15) is 0 Å². The van der Waals surface area contributed by atoms with Gasteiger partial charge in [0.15, 0.2) is 5.01 Å². The smallest absolute Gasteiger partial charge is 0.280 e. The van der Waals surface area contributed by atoms with Crippen molar-refractivity contribution < 1.29 is 9.53 Å². The summed E-state index contributed by atoms with van der Waals surface area (Å²) in [6.07, 6.45) is 4.77. The molecule has 0 radical (unpaired) electrons. The van der Waals surface area contributed by atoms with Crippen LogP contribution in [0, 0.1) is 0 Å². The Morgan fingerprint density at radius 1 is 1.29 bits per heavy atom. The van der Waals surface area contributed by atoms with Crippen LogP contribution in [0.4, 0.5) is 5.95 Å². The van der Waals surface area contributed by atoms with Crippen molar-refractivity contribution in [3.05, 3.63) is 34.0 Å². The highest BCUT2D eigenvalue weighted by molar-refractivity contribution is 7.11. The second-order valence-corrected chi connectivity index (χ2v) is 8.66. The third kappa shape index (κ3) is 4.33. The van der Waals surface area contributed by atoms with Crippen molar-refractivity contribution in [2.24, 2.45) is 0 Å². The van der Waals surface area contributed by atoms with Crippen LogP contribution in [0.25, 0.3) is 0 Å². The fourth-order valence-corrected chi connectivity index (χ4v) is 4.58. The molecule has 2 fully saturated rings. The van der Waals surface area contributed by atoms with Gasteiger partial charge < -0.3 is 15.0 Å². The number of aromatic nitrogens is 3. The van der Waals surface area contributed by atoms with Gasteiger partial charge >= 0.3 is 0 Å². The van der Waals surface area contributed by atoms with Gasteiger partial charge in [0.1, 0.15) is 0 Å². The zero-order valence-electron chi connectivity index (χ0n) is 16.4. The molecule has 1 unspecified atom stereocenters. The molecular formula is C20H27N5O2S. The van der Waals surface area contributed by atoms with Crippen LogP contribution in [0.1, 0.15) is 66.1 Å². The Bertz CT molecular complexity index is 818. The van der Waals surface area contributed by atoms with Gasteiger partial charge in [-0.1, -0.05) is 13.8 Å². The molecule has 2 aromatic heterocycles. The molecule has 1 N–H and O–H groups in total. The number of amides is 1. The van der Waals surface area contributed by atoms with E-state index in [9.17, 15) is 4.79 Å². The molecule has 4 rings (SSSR count). The number of thiazole rings is 1. The lowest BCUT2D eigenvalue weighted by atomic mass is 9.96. The zero-order valence-corrected chi connectivity index (χ0v) is 17.2. The first kappa shape index (κ1) is 19.3. The van der Waals surface area contributed by atoms with Gasteiger partial charge in [-0.15, -0.1) is 11.3 Å². The predicted octanol–water partition coefficient (Wildman–Crippen LogP) is 2.96. The largest absolute Gasteiger partial charge is 0.381 e. The van der Waals surface area contributed by atoms with E-state index in [4.69, 9.17) is 9.72 Å². The van der Waals surface area contributed by atoms with Crippen LogP contribution in [-0.2, 0) is 4.74 Å². The fraction of sp³-hybridized carbons (Fsp3) is 0.600. The molecule has 1 atom stereocenters. The number of carbonyl (C=O) groups is 1. The molecule has 8 heteroatoms. The molecule has 150 valence electrons. The number of hydrogen-bond donors (Lipinski definition) is 1. The summed E-state index contributed by atoms with van der Waals surface area (Å²) in [5, 5.41) is 5.63. The molecule has 0 bridgehead atoms. The SMILES string of the molecule is CC(C)c1csc(C(=O)NC2CCN(c3nccc(C4CCOCC4)n3)C2)n1. The van der Waals surface area contributed by atoms with Crippen molar-refractivity contribution in [3.8, 4) is 0 Å². The minimum Gasteiger partial charge on any atom is -0.381 e. The third-order valence-corrected chi connectivity index (χ3v) is 6.28. The molecule has 0 aromatic carbocycles. The van der Waals surface area contributed by atoms with Crippen molar-refractivity contribution >= 4 is 23.2 Å². The van der Waals surface area contributed by atoms with E-state index in [1.165, 1.54) is 11.3 Å². The standard InChI is InChI=1S/C20H27N5O2S/c1-13(2)17-12-28-19(23-17)18(26)22-15-4-8-25(11-15)20-21-7-3-16(24-20)14-5-9-27-10-6-14/h3,7,12-15H,4-6,8-11H2,1-2H3,(H,22,26). The lowest BCUT2D eigenvalue weighted by Gasteiger charge is -2.23. The third-order valence-electron chi connectivity index (χ3n) is 5.42. The molecule has 0 spiro atoms. The molecular weight excluding hydrogens is 374 g/mol. The summed E-state index contributed by atoms with van der Waals surface area (Å²) in [5.41, 5.74) is 2.08. The first-order valence-corrected chi connectivity index (χ1v) is 10.9. The average molecular weight is 402 g/mol. The number of ether oxygens (including phenoxy) is 1. The van der Waals surface area contributed by atoms with Crippen LogP contribution in [0.5, 0.6) is 0 Å². The number of anilines is 1. The van der Waals surface area contributed by atoms with Crippen LogP contribution in [0.15, 0.2) is 17.6 Å². The normalized spacial score (nSPS) is 20.7. The molecule has 28 heavy (non-hydrogen) atoms. The minimum absolute atomic E-state index is 0.0828. The maximum Gasteiger partial charge on any atom is 0.280 e. The number of nitrogens with zero attached hydrogens (tertiary/aromatic N) is 4. The monoisotopic (exact) mass is 401 g/mol. The summed E-state index contributed by atoms with van der Waals surface area (Å²) in [6, 6.07) is 2.11. The van der Waals surface area contributed by atoms with E-state index in [0.717, 1.165) is 62.9 Å². The molecule has 0 aliphatic carbocycles. The van der Waals surface area contributed by atoms with Gasteiger partial charge in [0.25, 0.3) is 5.91 Å². The Balaban J connectivity index is 1.36. The first-order valence-electron chi connectivity index (χ1n) is 10.0. The Morgan fingerprint density at radius 3 is 2.86 bits per heavy atom. The highest BCUT2D eigenvalue weighted by Crippen LogP contribution is 2.27. The van der Waals surface area contributed by atoms with Crippen molar-refractivity contribution in [1.82, 2.24) is 20.3 Å². The summed E-state index contributed by atoms with van der Waals surface area (Å²) in [7, 11) is 0. The number of rotatable bonds is 5. The number of nitrogens with one attached hydrogen (secondary N) is 1. The van der Waals surface area contributed by atoms with Gasteiger partial charge in [-0.3, -0.25) is 4.79 Å². The topological polar surface area (TPSA) is 80.2 Å². The summed E-state index contributed by atoms with van der Waals surface area (Å²) in [5.74, 6) is 1.46. The number of carbonyl (C=O) groups excluding carboxylic acids is 1. The molecule has 2 saturated heterocycles. The highest BCUT2D eigenvalue weighted by atomic mass is 32.1. The second-order valence-electron chi connectivity index (χ2n) is 7.81. The Morgan fingerprint density at radius 2 is 2.11 bits per heavy atom. The van der Waals surface area contributed by atoms with E-state index >= 15 is 0 Å². The molecule has 2 aliphatic heterocycles. The van der Waals surface area contributed by atoms with Gasteiger partial charge in [0.2, 0.25) is 5.95 Å². The summed E-state index contributed by atoms with van der Waals surface area (Å²) >= 11 is 1.41. The van der Waals surface area contributed by atoms with E-state index in [0.29, 0.717) is 16.8 Å². The Hall–Kier alpha value is -2.06. The lowest BCUT2D eigenvalue weighted by Crippen LogP contribution is -2.37. The van der Waals surface area contributed by atoms with Crippen LogP contribution >= 0.6 is 11.3 Å². The fourth-order valence-electron chi connectivity index (χ4n) is 3.70. The van der Waals surface area contributed by atoms with Crippen LogP contribution in [0.3, 0.4) is 0 Å². The van der Waals surface area contributed by atoms with E-state index in [-0.39, 0.29) is 11.9 Å². The van der Waals surface area contributed by atoms with E-state index in [2.05, 4.69) is 34.0 Å². The van der Waals surface area contributed by atoms with Crippen LogP contribution in [-0.4, -0.2) is 53.2 Å². The van der Waals surface area contributed by atoms with E-state index < -0.39 is 0 Å². The summed E-state index contributed by atoms with van der Waals surface area (Å²) < 4.78 is 5.45. The van der Waals surface area contributed by atoms with E-state index in [1.807, 2.05) is 17.6 Å². The predicted molar refractivity (Wildman–Crippen MR) is 109 cm³/mol. The van der Waals surface area contributed by atoms with E-state index in [1.54, 1.807) is 0 Å². The van der Waals surface area contributed by atoms with Crippen molar-refractivity contribution in [2.75, 3.05) is 31.2 Å². The molecule has 1 amide bonds. The summed E-state index contributed by atoms with van der Waals surface area (Å²) in [4.78, 5) is 28.4. The van der Waals surface area contributed by atoms with Gasteiger partial charge in [-0.05, 0) is 31.2 Å². The Labute approximate surface area is 169 Å². The quantitative estimate of drug-likeness (QED) is 0.830. The van der Waals surface area contributed by atoms with Gasteiger partial charge in [-0.25, -0.2) is 15.0 Å². The van der Waals surface area contributed by atoms with Crippen molar-refractivity contribution in [2.45, 2.75) is 51.0 Å². The van der Waals surface area contributed by atoms with Gasteiger partial charge in [0.05, 0.1) is 5.69 Å². The second kappa shape index (κ2) is 8.53. The van der Waals surface area contributed by atoms with Crippen molar-refractivity contribution in [3.63, 3.8) is 0 Å². The minimum atomic E-state index is -0.0828. The van der Waals surface area contributed by atoms with Gasteiger partial charge in [0, 0.05) is 55.5 Å². The lowest BCUT2D eigenvalue weighted by molar-refractivity contribution is 0.0845. The maximum absolute atomic E-state index is 12.5. The van der Waals surface area contributed by atoms with Crippen LogP contribution < -0.4 is 10.2 Å². The Kier molecular flexibility index (Phi) is 5.87. The highest BCUT2D eigenvalue weighted by Gasteiger charge is 2.27. The molecule has 0 saturated carbocycles. The van der Waals surface area contributed by atoms with Crippen molar-refractivity contribution in [1.29, 1.82) is 0 Å².